The first kappa shape index (κ1) is 30.5. The Morgan fingerprint density at radius 2 is 1.00 bits per heavy atom. The molecule has 0 amide bonds. The summed E-state index contributed by atoms with van der Waals surface area (Å²) in [7, 11) is -4.64. The molecule has 0 bridgehead atoms. The Balaban J connectivity index is 0. The lowest BCUT2D eigenvalue weighted by molar-refractivity contribution is 0.275. The summed E-state index contributed by atoms with van der Waals surface area (Å²) in [5.74, 6) is 0. The average Bonchev–Trinajstić information content (AvgIpc) is 2.65. The molecule has 0 aliphatic carbocycles. The van der Waals surface area contributed by atoms with Crippen molar-refractivity contribution >= 4 is 7.82 Å². The molecule has 0 aromatic heterocycles. The zero-order valence-corrected chi connectivity index (χ0v) is 19.7. The van der Waals surface area contributed by atoms with Crippen LogP contribution in [0.1, 0.15) is 102 Å². The van der Waals surface area contributed by atoms with Crippen molar-refractivity contribution in [3.63, 3.8) is 0 Å². The van der Waals surface area contributed by atoms with Crippen molar-refractivity contribution in [1.29, 1.82) is 0 Å². The van der Waals surface area contributed by atoms with Gasteiger partial charge < -0.3 is 20.4 Å². The quantitative estimate of drug-likeness (QED) is 0.199. The second-order valence-corrected chi connectivity index (χ2v) is 8.58. The SMILES string of the molecule is CCCCCCCCCCCCCCCCN.Cc1ccccc1.O=P(O)(O)O. The number of rotatable bonds is 14. The highest BCUT2D eigenvalue weighted by Gasteiger charge is 2.00. The molecule has 0 fully saturated rings. The van der Waals surface area contributed by atoms with Crippen molar-refractivity contribution in [2.75, 3.05) is 6.54 Å². The molecule has 1 aromatic rings. The van der Waals surface area contributed by atoms with Crippen LogP contribution in [0, 0.1) is 6.92 Å². The van der Waals surface area contributed by atoms with Crippen molar-refractivity contribution in [2.45, 2.75) is 104 Å². The van der Waals surface area contributed by atoms with Gasteiger partial charge in [0.05, 0.1) is 0 Å². The topological polar surface area (TPSA) is 104 Å². The van der Waals surface area contributed by atoms with E-state index in [0.717, 1.165) is 6.54 Å². The van der Waals surface area contributed by atoms with Crippen LogP contribution >= 0.6 is 7.82 Å². The van der Waals surface area contributed by atoms with Gasteiger partial charge >= 0.3 is 7.82 Å². The van der Waals surface area contributed by atoms with E-state index in [-0.39, 0.29) is 0 Å². The van der Waals surface area contributed by atoms with Gasteiger partial charge in [0.2, 0.25) is 0 Å². The predicted molar refractivity (Wildman–Crippen MR) is 125 cm³/mol. The van der Waals surface area contributed by atoms with E-state index in [0.29, 0.717) is 0 Å². The molecule has 0 aliphatic rings. The fourth-order valence-corrected chi connectivity index (χ4v) is 2.87. The molecule has 0 spiro atoms. The molecule has 0 radical (unpaired) electrons. The summed E-state index contributed by atoms with van der Waals surface area (Å²) in [6.45, 7) is 5.24. The summed E-state index contributed by atoms with van der Waals surface area (Å²) in [6, 6.07) is 10.3. The molecular weight excluding hydrogens is 385 g/mol. The van der Waals surface area contributed by atoms with Crippen molar-refractivity contribution in [3.05, 3.63) is 35.9 Å². The number of hydrogen-bond acceptors (Lipinski definition) is 2. The van der Waals surface area contributed by atoms with Crippen LogP contribution in [0.15, 0.2) is 30.3 Å². The monoisotopic (exact) mass is 431 g/mol. The third-order valence-corrected chi connectivity index (χ3v) is 4.50. The van der Waals surface area contributed by atoms with Crippen LogP contribution in [-0.2, 0) is 4.57 Å². The van der Waals surface area contributed by atoms with Gasteiger partial charge in [-0.1, -0.05) is 126 Å². The number of hydrogen-bond donors (Lipinski definition) is 4. The van der Waals surface area contributed by atoms with Gasteiger partial charge in [0, 0.05) is 0 Å². The maximum Gasteiger partial charge on any atom is 0.466 e. The largest absolute Gasteiger partial charge is 0.466 e. The third kappa shape index (κ3) is 38.5. The summed E-state index contributed by atoms with van der Waals surface area (Å²) in [5, 5.41) is 0. The Bertz CT molecular complexity index is 443. The summed E-state index contributed by atoms with van der Waals surface area (Å²) >= 11 is 0. The minimum atomic E-state index is -4.64. The van der Waals surface area contributed by atoms with E-state index >= 15 is 0 Å². The summed E-state index contributed by atoms with van der Waals surface area (Å²) < 4.78 is 8.88. The number of unbranched alkanes of at least 4 members (excludes halogenated alkanes) is 13. The number of benzene rings is 1. The lowest BCUT2D eigenvalue weighted by Crippen LogP contribution is -1.97. The van der Waals surface area contributed by atoms with Crippen LogP contribution in [0.5, 0.6) is 0 Å². The zero-order chi connectivity index (χ0) is 22.2. The molecule has 5 nitrogen and oxygen atoms in total. The number of aryl methyl sites for hydroxylation is 1. The first-order chi connectivity index (χ1) is 13.8. The number of phosphoric acid groups is 1. The van der Waals surface area contributed by atoms with Gasteiger partial charge in [-0.2, -0.15) is 0 Å². The maximum absolute atomic E-state index is 8.88. The van der Waals surface area contributed by atoms with E-state index in [1.54, 1.807) is 0 Å². The van der Waals surface area contributed by atoms with Gasteiger partial charge in [0.15, 0.2) is 0 Å². The third-order valence-electron chi connectivity index (χ3n) is 4.50. The molecule has 172 valence electrons. The normalized spacial score (nSPS) is 10.6. The second kappa shape index (κ2) is 23.6. The van der Waals surface area contributed by atoms with Gasteiger partial charge in [0.1, 0.15) is 0 Å². The Morgan fingerprint density at radius 1 is 0.690 bits per heavy atom. The number of nitrogens with two attached hydrogens (primary N) is 1. The highest BCUT2D eigenvalue weighted by atomic mass is 31.2. The molecule has 0 saturated carbocycles. The molecule has 0 unspecified atom stereocenters. The van der Waals surface area contributed by atoms with Crippen molar-refractivity contribution in [2.24, 2.45) is 5.73 Å². The van der Waals surface area contributed by atoms with E-state index in [4.69, 9.17) is 25.0 Å². The lowest BCUT2D eigenvalue weighted by atomic mass is 10.0. The molecule has 0 heterocycles. The van der Waals surface area contributed by atoms with Crippen LogP contribution in [0.3, 0.4) is 0 Å². The van der Waals surface area contributed by atoms with Gasteiger partial charge in [-0.15, -0.1) is 0 Å². The van der Waals surface area contributed by atoms with E-state index in [1.165, 1.54) is 95.5 Å². The van der Waals surface area contributed by atoms with E-state index in [1.807, 2.05) is 18.2 Å². The first-order valence-corrected chi connectivity index (χ1v) is 12.9. The first-order valence-electron chi connectivity index (χ1n) is 11.3. The molecule has 0 saturated heterocycles. The smallest absolute Gasteiger partial charge is 0.330 e. The van der Waals surface area contributed by atoms with Crippen LogP contribution in [0.2, 0.25) is 0 Å². The van der Waals surface area contributed by atoms with Crippen molar-refractivity contribution in [3.8, 4) is 0 Å². The molecule has 0 atom stereocenters. The highest BCUT2D eigenvalue weighted by molar-refractivity contribution is 7.45. The zero-order valence-electron chi connectivity index (χ0n) is 18.8. The summed E-state index contributed by atoms with van der Waals surface area (Å²) in [5.41, 5.74) is 6.79. The maximum atomic E-state index is 8.88. The van der Waals surface area contributed by atoms with Gasteiger partial charge in [0.25, 0.3) is 0 Å². The van der Waals surface area contributed by atoms with Crippen LogP contribution in [0.4, 0.5) is 0 Å². The van der Waals surface area contributed by atoms with Crippen molar-refractivity contribution in [1.82, 2.24) is 0 Å². The molecule has 1 aromatic carbocycles. The van der Waals surface area contributed by atoms with Crippen LogP contribution in [0.25, 0.3) is 0 Å². The van der Waals surface area contributed by atoms with Gasteiger partial charge in [-0.05, 0) is 19.9 Å². The predicted octanol–water partition coefficient (Wildman–Crippen LogP) is 6.49. The summed E-state index contributed by atoms with van der Waals surface area (Å²) in [4.78, 5) is 21.6. The standard InChI is InChI=1S/C16H35N.C7H8.H3O4P/c1-2-3-4-5-6-7-8-9-10-11-12-13-14-15-16-17;1-7-5-3-2-4-6-7;1-5(2,3)4/h2-17H2,1H3;2-6H,1H3;(H3,1,2,3,4). The molecular formula is C23H46NO4P. The highest BCUT2D eigenvalue weighted by Crippen LogP contribution is 2.25. The van der Waals surface area contributed by atoms with Crippen LogP contribution in [-0.4, -0.2) is 21.2 Å². The van der Waals surface area contributed by atoms with Gasteiger partial charge in [-0.25, -0.2) is 4.57 Å². The van der Waals surface area contributed by atoms with E-state index in [2.05, 4.69) is 26.0 Å². The van der Waals surface area contributed by atoms with Crippen LogP contribution < -0.4 is 5.73 Å². The molecule has 0 aliphatic heterocycles. The Hall–Kier alpha value is -0.710. The Labute approximate surface area is 179 Å². The minimum Gasteiger partial charge on any atom is -0.330 e. The second-order valence-electron chi connectivity index (χ2n) is 7.55. The molecule has 6 heteroatoms. The molecule has 29 heavy (non-hydrogen) atoms. The average molecular weight is 432 g/mol. The summed E-state index contributed by atoms with van der Waals surface area (Å²) in [6.07, 6.45) is 19.9. The molecule has 1 rings (SSSR count). The van der Waals surface area contributed by atoms with Gasteiger partial charge in [-0.3, -0.25) is 0 Å². The lowest BCUT2D eigenvalue weighted by Gasteiger charge is -2.02. The Kier molecular flexibility index (Phi) is 24.8. The van der Waals surface area contributed by atoms with E-state index < -0.39 is 7.82 Å². The van der Waals surface area contributed by atoms with E-state index in [9.17, 15) is 0 Å². The van der Waals surface area contributed by atoms with Crippen molar-refractivity contribution < 1.29 is 19.2 Å². The fourth-order valence-electron chi connectivity index (χ4n) is 2.87. The minimum absolute atomic E-state index is 0.873. The Morgan fingerprint density at radius 3 is 1.24 bits per heavy atom. The molecule has 5 N–H and O–H groups in total. The fraction of sp³-hybridized carbons (Fsp3) is 0.739.